The number of hydrogen-bond donors (Lipinski definition) is 4. The van der Waals surface area contributed by atoms with Gasteiger partial charge in [-0.05, 0) is 47.2 Å². The Balaban J connectivity index is 1.96. The van der Waals surface area contributed by atoms with Crippen molar-refractivity contribution in [1.29, 1.82) is 0 Å². The molecule has 27 heavy (non-hydrogen) atoms. The number of H-pyrrole nitrogens is 1. The van der Waals surface area contributed by atoms with Gasteiger partial charge in [-0.25, -0.2) is 13.1 Å². The zero-order valence-electron chi connectivity index (χ0n) is 14.3. The number of benzene rings is 2. The Labute approximate surface area is 160 Å². The van der Waals surface area contributed by atoms with Crippen LogP contribution >= 0.6 is 11.3 Å². The molecule has 2 heterocycles. The number of thiol groups is 1. The fourth-order valence-electron chi connectivity index (χ4n) is 3.33. The Morgan fingerprint density at radius 2 is 2.00 bits per heavy atom. The highest BCUT2D eigenvalue weighted by Crippen LogP contribution is 2.40. The minimum absolute atomic E-state index is 0.120. The van der Waals surface area contributed by atoms with E-state index < -0.39 is 10.9 Å². The van der Waals surface area contributed by atoms with Gasteiger partial charge >= 0.3 is 0 Å². The lowest BCUT2D eigenvalue weighted by molar-refractivity contribution is 0.478. The number of aromatic nitrogens is 1. The third kappa shape index (κ3) is 3.12. The van der Waals surface area contributed by atoms with Crippen molar-refractivity contribution in [1.82, 2.24) is 9.71 Å². The van der Waals surface area contributed by atoms with Crippen LogP contribution in [0.4, 0.5) is 0 Å². The smallest absolute Gasteiger partial charge is 0.266 e. The Hall–Kier alpha value is -2.68. The van der Waals surface area contributed by atoms with Gasteiger partial charge in [-0.15, -0.1) is 11.3 Å². The molecular formula is C19H16N2O4S2. The average molecular weight is 400 g/mol. The third-order valence-corrected chi connectivity index (χ3v) is 5.93. The maximum atomic E-state index is 12.2. The fourth-order valence-corrected chi connectivity index (χ4v) is 4.42. The van der Waals surface area contributed by atoms with Crippen molar-refractivity contribution < 1.29 is 13.5 Å². The first-order valence-corrected chi connectivity index (χ1v) is 10.2. The maximum Gasteiger partial charge on any atom is 0.266 e. The summed E-state index contributed by atoms with van der Waals surface area (Å²) in [4.78, 5) is 15.1. The lowest BCUT2D eigenvalue weighted by Gasteiger charge is -2.13. The summed E-state index contributed by atoms with van der Waals surface area (Å²) in [5.74, 6) is 0.120. The van der Waals surface area contributed by atoms with E-state index in [1.165, 1.54) is 11.3 Å². The molecule has 0 aliphatic carbocycles. The number of rotatable bonds is 4. The summed E-state index contributed by atoms with van der Waals surface area (Å²) in [5, 5.41) is 14.0. The van der Waals surface area contributed by atoms with Gasteiger partial charge in [0.15, 0.2) is 0 Å². The Morgan fingerprint density at radius 3 is 2.74 bits per heavy atom. The fraction of sp³-hybridized carbons (Fsp3) is 0.105. The van der Waals surface area contributed by atoms with Crippen LogP contribution in [0.3, 0.4) is 0 Å². The number of aromatic amines is 1. The van der Waals surface area contributed by atoms with E-state index in [9.17, 15) is 18.3 Å². The Bertz CT molecular complexity index is 1310. The first-order chi connectivity index (χ1) is 13.0. The molecule has 0 saturated carbocycles. The molecule has 0 radical (unpaired) electrons. The largest absolute Gasteiger partial charge is 0.507 e. The number of phenols is 1. The van der Waals surface area contributed by atoms with Crippen LogP contribution in [-0.2, 0) is 17.4 Å². The van der Waals surface area contributed by atoms with Crippen molar-refractivity contribution in [3.05, 3.63) is 63.3 Å². The minimum atomic E-state index is -2.66. The van der Waals surface area contributed by atoms with E-state index in [1.54, 1.807) is 12.1 Å². The zero-order chi connectivity index (χ0) is 19.1. The van der Waals surface area contributed by atoms with Crippen molar-refractivity contribution in [3.8, 4) is 16.9 Å². The van der Waals surface area contributed by atoms with E-state index in [1.807, 2.05) is 36.6 Å². The van der Waals surface area contributed by atoms with E-state index in [4.69, 9.17) is 0 Å². The lowest BCUT2D eigenvalue weighted by Crippen LogP contribution is -2.11. The number of nitrogens with one attached hydrogen (secondary N) is 2. The molecule has 0 atom stereocenters. The summed E-state index contributed by atoms with van der Waals surface area (Å²) in [6.45, 7) is 2.11. The molecule has 138 valence electrons. The Kier molecular flexibility index (Phi) is 4.47. The summed E-state index contributed by atoms with van der Waals surface area (Å²) < 4.78 is 24.5. The van der Waals surface area contributed by atoms with Crippen LogP contribution in [0, 0.1) is 6.92 Å². The first-order valence-electron chi connectivity index (χ1n) is 8.18. The van der Waals surface area contributed by atoms with E-state index in [0.29, 0.717) is 15.8 Å². The van der Waals surface area contributed by atoms with E-state index >= 15 is 0 Å². The molecule has 0 spiro atoms. The summed E-state index contributed by atoms with van der Waals surface area (Å²) in [5.41, 5.74) is 3.71. The van der Waals surface area contributed by atoms with Gasteiger partial charge in [-0.2, -0.15) is 0 Å². The molecule has 2 aromatic carbocycles. The molecule has 8 heteroatoms. The molecule has 6 nitrogen and oxygen atoms in total. The second-order valence-electron chi connectivity index (χ2n) is 6.23. The number of pyridine rings is 1. The van der Waals surface area contributed by atoms with Gasteiger partial charge < -0.3 is 10.1 Å². The normalized spacial score (nSPS) is 11.6. The quantitative estimate of drug-likeness (QED) is 0.396. The third-order valence-electron chi connectivity index (χ3n) is 4.60. The van der Waals surface area contributed by atoms with Gasteiger partial charge in [-0.3, -0.25) is 4.79 Å². The summed E-state index contributed by atoms with van der Waals surface area (Å²) in [7, 11) is -2.66. The highest BCUT2D eigenvalue weighted by molar-refractivity contribution is 7.70. The van der Waals surface area contributed by atoms with Crippen LogP contribution in [0.1, 0.15) is 11.1 Å². The minimum Gasteiger partial charge on any atom is -0.507 e. The van der Waals surface area contributed by atoms with Crippen molar-refractivity contribution in [2.75, 3.05) is 0 Å². The molecule has 0 bridgehead atoms. The first kappa shape index (κ1) is 17.7. The van der Waals surface area contributed by atoms with Crippen LogP contribution in [0.2, 0.25) is 0 Å². The summed E-state index contributed by atoms with van der Waals surface area (Å²) in [6.07, 6.45) is 0. The van der Waals surface area contributed by atoms with Crippen LogP contribution in [-0.4, -0.2) is 18.5 Å². The molecule has 2 aromatic heterocycles. The molecule has 0 unspecified atom stereocenters. The second-order valence-corrected chi connectivity index (χ2v) is 7.98. The van der Waals surface area contributed by atoms with Gasteiger partial charge in [0.2, 0.25) is 10.9 Å². The Morgan fingerprint density at radius 1 is 1.19 bits per heavy atom. The average Bonchev–Trinajstić information content (AvgIpc) is 3.11. The predicted molar refractivity (Wildman–Crippen MR) is 109 cm³/mol. The number of fused-ring (bicyclic) bond motifs is 3. The highest BCUT2D eigenvalue weighted by Gasteiger charge is 2.16. The molecule has 4 aromatic rings. The highest BCUT2D eigenvalue weighted by atomic mass is 32.2. The molecule has 4 rings (SSSR count). The number of phenolic OH excluding ortho intramolecular Hbond substituents is 1. The standard InChI is InChI=1S/C19H16N2O4S2/c1-10-8-11(2-3-12(10)9-20-27(24)25)16-15(22)5-4-14-17(16)13-6-7-26-18(13)19(23)21-14/h2-8,22,27H,9H2,1H3,(H,21,23)(H,20,24,25). The number of aromatic hydroxyl groups is 1. The van der Waals surface area contributed by atoms with Crippen molar-refractivity contribution in [2.24, 2.45) is 0 Å². The molecule has 0 fully saturated rings. The van der Waals surface area contributed by atoms with Crippen molar-refractivity contribution >= 4 is 43.2 Å². The van der Waals surface area contributed by atoms with E-state index in [2.05, 4.69) is 9.71 Å². The van der Waals surface area contributed by atoms with Crippen LogP contribution in [0.5, 0.6) is 5.75 Å². The summed E-state index contributed by atoms with van der Waals surface area (Å²) >= 11 is 1.36. The van der Waals surface area contributed by atoms with E-state index in [0.717, 1.165) is 27.5 Å². The SMILES string of the molecule is Cc1cc(-c2c(O)ccc3[nH]c(=O)c4sccc4c23)ccc1CN[SH](=O)=O. The lowest BCUT2D eigenvalue weighted by atomic mass is 9.94. The van der Waals surface area contributed by atoms with Gasteiger partial charge in [0.25, 0.3) is 5.56 Å². The van der Waals surface area contributed by atoms with Crippen molar-refractivity contribution in [3.63, 3.8) is 0 Å². The van der Waals surface area contributed by atoms with Gasteiger partial charge in [0.05, 0.1) is 0 Å². The molecule has 0 aliphatic heterocycles. The molecule has 0 aliphatic rings. The molecule has 3 N–H and O–H groups in total. The topological polar surface area (TPSA) is 99.3 Å². The van der Waals surface area contributed by atoms with Gasteiger partial charge in [0, 0.05) is 28.4 Å². The van der Waals surface area contributed by atoms with E-state index in [-0.39, 0.29) is 17.9 Å². The maximum absolute atomic E-state index is 12.2. The number of aryl methyl sites for hydroxylation is 1. The van der Waals surface area contributed by atoms with Crippen LogP contribution in [0.25, 0.3) is 32.1 Å². The molecule has 0 saturated heterocycles. The van der Waals surface area contributed by atoms with Crippen LogP contribution < -0.4 is 10.3 Å². The molecular weight excluding hydrogens is 384 g/mol. The molecule has 0 amide bonds. The van der Waals surface area contributed by atoms with Crippen LogP contribution in [0.15, 0.2) is 46.6 Å². The number of hydrogen-bond acceptors (Lipinski definition) is 5. The van der Waals surface area contributed by atoms with Gasteiger partial charge in [0.1, 0.15) is 10.4 Å². The monoisotopic (exact) mass is 400 g/mol. The summed E-state index contributed by atoms with van der Waals surface area (Å²) in [6, 6.07) is 10.7. The van der Waals surface area contributed by atoms with Crippen molar-refractivity contribution in [2.45, 2.75) is 13.5 Å². The zero-order valence-corrected chi connectivity index (χ0v) is 16.0. The second kappa shape index (κ2) is 6.80. The number of thiophene rings is 1. The predicted octanol–water partition coefficient (Wildman–Crippen LogP) is 3.04. The van der Waals surface area contributed by atoms with Gasteiger partial charge in [-0.1, -0.05) is 18.2 Å².